The van der Waals surface area contributed by atoms with Crippen molar-refractivity contribution in [2.45, 2.75) is 13.0 Å². The molecule has 1 heterocycles. The van der Waals surface area contributed by atoms with Crippen molar-refractivity contribution in [1.82, 2.24) is 15.1 Å². The average molecular weight is 366 g/mol. The van der Waals surface area contributed by atoms with Crippen molar-refractivity contribution in [1.29, 1.82) is 0 Å². The largest absolute Gasteiger partial charge is 0.370 e. The first-order valence-electron chi connectivity index (χ1n) is 9.86. The molecular weight excluding hydrogens is 334 g/mol. The maximum atomic E-state index is 5.97. The van der Waals surface area contributed by atoms with Gasteiger partial charge in [0.15, 0.2) is 5.96 Å². The highest BCUT2D eigenvalue weighted by atomic mass is 15.3. The van der Waals surface area contributed by atoms with Crippen molar-refractivity contribution >= 4 is 5.96 Å². The second-order valence-electron chi connectivity index (χ2n) is 7.03. The summed E-state index contributed by atoms with van der Waals surface area (Å²) in [5.74, 6) is 0.550. The molecule has 0 atom stereocenters. The van der Waals surface area contributed by atoms with Crippen LogP contribution in [0.4, 0.5) is 0 Å². The zero-order chi connectivity index (χ0) is 18.7. The molecule has 0 amide bonds. The van der Waals surface area contributed by atoms with E-state index in [9.17, 15) is 0 Å². The number of piperazine rings is 1. The van der Waals surface area contributed by atoms with Gasteiger partial charge in [-0.25, -0.2) is 0 Å². The predicted molar refractivity (Wildman–Crippen MR) is 113 cm³/mol. The number of nitrogens with two attached hydrogens (primary N) is 1. The SMILES string of the molecule is NC(=NCCN1CCN(Cc2ccccc2)CC1)NCCc1ccccc1. The van der Waals surface area contributed by atoms with Gasteiger partial charge in [0, 0.05) is 45.8 Å². The Kier molecular flexibility index (Phi) is 7.69. The molecule has 144 valence electrons. The molecule has 0 bridgehead atoms. The van der Waals surface area contributed by atoms with Crippen molar-refractivity contribution in [2.24, 2.45) is 10.7 Å². The number of guanidine groups is 1. The van der Waals surface area contributed by atoms with Crippen LogP contribution in [0.5, 0.6) is 0 Å². The van der Waals surface area contributed by atoms with Crippen LogP contribution in [-0.2, 0) is 13.0 Å². The first-order valence-corrected chi connectivity index (χ1v) is 9.86. The highest BCUT2D eigenvalue weighted by Crippen LogP contribution is 2.08. The first kappa shape index (κ1) is 19.4. The molecule has 0 radical (unpaired) electrons. The molecule has 5 heteroatoms. The van der Waals surface area contributed by atoms with Crippen molar-refractivity contribution in [3.63, 3.8) is 0 Å². The molecule has 2 aromatic carbocycles. The van der Waals surface area contributed by atoms with Gasteiger partial charge in [-0.05, 0) is 17.5 Å². The minimum atomic E-state index is 0.550. The van der Waals surface area contributed by atoms with Crippen molar-refractivity contribution < 1.29 is 0 Å². The number of hydrogen-bond acceptors (Lipinski definition) is 3. The van der Waals surface area contributed by atoms with Crippen LogP contribution in [-0.4, -0.2) is 61.6 Å². The molecule has 3 N–H and O–H groups in total. The van der Waals surface area contributed by atoms with Gasteiger partial charge >= 0.3 is 0 Å². The molecule has 0 aromatic heterocycles. The molecule has 3 rings (SSSR count). The number of rotatable bonds is 8. The van der Waals surface area contributed by atoms with E-state index >= 15 is 0 Å². The van der Waals surface area contributed by atoms with E-state index in [2.05, 4.69) is 74.7 Å². The monoisotopic (exact) mass is 365 g/mol. The molecule has 1 fully saturated rings. The smallest absolute Gasteiger partial charge is 0.188 e. The molecule has 27 heavy (non-hydrogen) atoms. The van der Waals surface area contributed by atoms with E-state index in [1.54, 1.807) is 0 Å². The van der Waals surface area contributed by atoms with E-state index in [1.807, 2.05) is 6.07 Å². The number of hydrogen-bond donors (Lipinski definition) is 2. The minimum Gasteiger partial charge on any atom is -0.370 e. The van der Waals surface area contributed by atoms with Gasteiger partial charge in [-0.15, -0.1) is 0 Å². The van der Waals surface area contributed by atoms with Crippen molar-refractivity contribution in [3.8, 4) is 0 Å². The van der Waals surface area contributed by atoms with Crippen molar-refractivity contribution in [3.05, 3.63) is 71.8 Å². The van der Waals surface area contributed by atoms with Gasteiger partial charge in [0.05, 0.1) is 6.54 Å². The molecule has 0 spiro atoms. The van der Waals surface area contributed by atoms with E-state index in [4.69, 9.17) is 5.73 Å². The fourth-order valence-electron chi connectivity index (χ4n) is 3.36. The summed E-state index contributed by atoms with van der Waals surface area (Å²) >= 11 is 0. The third-order valence-electron chi connectivity index (χ3n) is 4.97. The van der Waals surface area contributed by atoms with E-state index in [0.29, 0.717) is 5.96 Å². The molecule has 1 saturated heterocycles. The van der Waals surface area contributed by atoms with Crippen LogP contribution in [0.25, 0.3) is 0 Å². The Morgan fingerprint density at radius 1 is 0.852 bits per heavy atom. The van der Waals surface area contributed by atoms with Crippen LogP contribution in [0.15, 0.2) is 65.7 Å². The highest BCUT2D eigenvalue weighted by Gasteiger charge is 2.16. The number of benzene rings is 2. The highest BCUT2D eigenvalue weighted by molar-refractivity contribution is 5.77. The number of nitrogens with one attached hydrogen (secondary N) is 1. The third-order valence-corrected chi connectivity index (χ3v) is 4.97. The minimum absolute atomic E-state index is 0.550. The predicted octanol–water partition coefficient (Wildman–Crippen LogP) is 1.95. The topological polar surface area (TPSA) is 56.9 Å². The van der Waals surface area contributed by atoms with Gasteiger partial charge in [0.1, 0.15) is 0 Å². The normalized spacial score (nSPS) is 16.4. The Bertz CT molecular complexity index is 678. The fraction of sp³-hybridized carbons (Fsp3) is 0.409. The Balaban J connectivity index is 1.28. The van der Waals surface area contributed by atoms with Crippen LogP contribution >= 0.6 is 0 Å². The van der Waals surface area contributed by atoms with Crippen LogP contribution in [0.3, 0.4) is 0 Å². The Morgan fingerprint density at radius 3 is 2.11 bits per heavy atom. The Morgan fingerprint density at radius 2 is 1.44 bits per heavy atom. The standard InChI is InChI=1S/C22H31N5/c23-22(24-12-11-20-7-3-1-4-8-20)25-13-14-26-15-17-27(18-16-26)19-21-9-5-2-6-10-21/h1-10H,11-19H2,(H3,23,24,25). The summed E-state index contributed by atoms with van der Waals surface area (Å²) in [4.78, 5) is 9.46. The van der Waals surface area contributed by atoms with E-state index in [0.717, 1.165) is 58.8 Å². The second kappa shape index (κ2) is 10.7. The summed E-state index contributed by atoms with van der Waals surface area (Å²) in [5, 5.41) is 3.20. The first-order chi connectivity index (χ1) is 13.3. The zero-order valence-electron chi connectivity index (χ0n) is 16.1. The summed E-state index contributed by atoms with van der Waals surface area (Å²) < 4.78 is 0. The van der Waals surface area contributed by atoms with Gasteiger partial charge in [-0.3, -0.25) is 14.8 Å². The molecule has 0 unspecified atom stereocenters. The summed E-state index contributed by atoms with van der Waals surface area (Å²) in [7, 11) is 0. The third kappa shape index (κ3) is 7.04. The van der Waals surface area contributed by atoms with Crippen LogP contribution < -0.4 is 11.1 Å². The molecule has 1 aliphatic rings. The van der Waals surface area contributed by atoms with Gasteiger partial charge < -0.3 is 11.1 Å². The summed E-state index contributed by atoms with van der Waals surface area (Å²) in [6, 6.07) is 21.1. The lowest BCUT2D eigenvalue weighted by Gasteiger charge is -2.34. The zero-order valence-corrected chi connectivity index (χ0v) is 16.1. The van der Waals surface area contributed by atoms with Gasteiger partial charge in [-0.1, -0.05) is 60.7 Å². The lowest BCUT2D eigenvalue weighted by atomic mass is 10.1. The van der Waals surface area contributed by atoms with Gasteiger partial charge in [0.25, 0.3) is 0 Å². The maximum Gasteiger partial charge on any atom is 0.188 e. The van der Waals surface area contributed by atoms with Crippen LogP contribution in [0.2, 0.25) is 0 Å². The van der Waals surface area contributed by atoms with Gasteiger partial charge in [-0.2, -0.15) is 0 Å². The Labute approximate surface area is 162 Å². The fourth-order valence-corrected chi connectivity index (χ4v) is 3.36. The summed E-state index contributed by atoms with van der Waals surface area (Å²) in [6.45, 7) is 8.02. The number of nitrogens with zero attached hydrogens (tertiary/aromatic N) is 3. The molecule has 0 aliphatic carbocycles. The summed E-state index contributed by atoms with van der Waals surface area (Å²) in [6.07, 6.45) is 0.959. The molecule has 1 aliphatic heterocycles. The van der Waals surface area contributed by atoms with Crippen molar-refractivity contribution in [2.75, 3.05) is 45.8 Å². The lowest BCUT2D eigenvalue weighted by Crippen LogP contribution is -2.46. The average Bonchev–Trinajstić information content (AvgIpc) is 2.71. The quantitative estimate of drug-likeness (QED) is 0.555. The van der Waals surface area contributed by atoms with E-state index < -0.39 is 0 Å². The molecule has 0 saturated carbocycles. The molecule has 5 nitrogen and oxygen atoms in total. The van der Waals surface area contributed by atoms with Crippen LogP contribution in [0, 0.1) is 0 Å². The van der Waals surface area contributed by atoms with E-state index in [-0.39, 0.29) is 0 Å². The molecular formula is C22H31N5. The maximum absolute atomic E-state index is 5.97. The van der Waals surface area contributed by atoms with Crippen LogP contribution in [0.1, 0.15) is 11.1 Å². The second-order valence-corrected chi connectivity index (χ2v) is 7.03. The van der Waals surface area contributed by atoms with E-state index in [1.165, 1.54) is 11.1 Å². The Hall–Kier alpha value is -2.37. The lowest BCUT2D eigenvalue weighted by molar-refractivity contribution is 0.130. The summed E-state index contributed by atoms with van der Waals surface area (Å²) in [5.41, 5.74) is 8.68. The molecule has 2 aromatic rings. The number of aliphatic imine (C=N–C) groups is 1. The van der Waals surface area contributed by atoms with Gasteiger partial charge in [0.2, 0.25) is 0 Å².